The molecule has 0 unspecified atom stereocenters. The summed E-state index contributed by atoms with van der Waals surface area (Å²) >= 11 is 5.11. The van der Waals surface area contributed by atoms with E-state index in [0.717, 1.165) is 0 Å². The second-order valence-corrected chi connectivity index (χ2v) is 2.60. The summed E-state index contributed by atoms with van der Waals surface area (Å²) in [7, 11) is 1.33. The molecule has 0 saturated carbocycles. The minimum atomic E-state index is -0.793. The van der Waals surface area contributed by atoms with E-state index >= 15 is 0 Å². The zero-order valence-corrected chi connectivity index (χ0v) is 8.71. The summed E-state index contributed by atoms with van der Waals surface area (Å²) in [4.78, 5) is 21.2. The lowest BCUT2D eigenvalue weighted by molar-refractivity contribution is -0.140. The highest BCUT2D eigenvalue weighted by Gasteiger charge is 2.03. The van der Waals surface area contributed by atoms with E-state index in [4.69, 9.17) is 11.6 Å². The van der Waals surface area contributed by atoms with E-state index in [1.807, 2.05) is 0 Å². The number of carbonyl (C=O) groups excluding carboxylic acids is 2. The van der Waals surface area contributed by atoms with Gasteiger partial charge in [-0.25, -0.2) is 4.79 Å². The van der Waals surface area contributed by atoms with Crippen LogP contribution >= 0.6 is 11.6 Å². The molecular weight excluding hydrogens is 212 g/mol. The second-order valence-electron chi connectivity index (χ2n) is 2.39. The molecule has 0 aliphatic carbocycles. The van der Waals surface area contributed by atoms with Gasteiger partial charge in [0.1, 0.15) is 0 Å². The molecule has 0 atom stereocenters. The molecule has 0 aromatic carbocycles. The van der Waals surface area contributed by atoms with Crippen molar-refractivity contribution in [1.29, 1.82) is 0 Å². The minimum Gasteiger partial charge on any atom is -0.469 e. The topological polar surface area (TPSA) is 61.8 Å². The van der Waals surface area contributed by atoms with Crippen molar-refractivity contribution in [2.45, 2.75) is 19.3 Å². The van der Waals surface area contributed by atoms with Gasteiger partial charge in [0.05, 0.1) is 13.7 Å². The Morgan fingerprint density at radius 1 is 1.21 bits per heavy atom. The van der Waals surface area contributed by atoms with Crippen molar-refractivity contribution >= 4 is 23.7 Å². The lowest BCUT2D eigenvalue weighted by Crippen LogP contribution is -2.08. The lowest BCUT2D eigenvalue weighted by Gasteiger charge is -2.03. The molecule has 5 nitrogen and oxygen atoms in total. The Bertz CT molecular complexity index is 183. The maximum atomic E-state index is 10.6. The van der Waals surface area contributed by atoms with Gasteiger partial charge in [-0.1, -0.05) is 11.6 Å². The zero-order chi connectivity index (χ0) is 10.8. The number of esters is 1. The number of unbranched alkanes of at least 4 members (excludes halogenated alkanes) is 1. The van der Waals surface area contributed by atoms with Crippen LogP contribution in [0.25, 0.3) is 0 Å². The van der Waals surface area contributed by atoms with E-state index in [-0.39, 0.29) is 18.6 Å². The molecule has 0 amide bonds. The Balaban J connectivity index is 3.21. The van der Waals surface area contributed by atoms with Crippen LogP contribution in [0.1, 0.15) is 19.3 Å². The number of methoxy groups -OCH3 is 1. The second kappa shape index (κ2) is 8.62. The summed E-state index contributed by atoms with van der Waals surface area (Å²) in [5, 5.41) is 0. The molecule has 82 valence electrons. The smallest absolute Gasteiger partial charge is 0.469 e. The highest BCUT2D eigenvalue weighted by Crippen LogP contribution is 1.98. The summed E-state index contributed by atoms with van der Waals surface area (Å²) in [5.41, 5.74) is 0. The molecule has 14 heavy (non-hydrogen) atoms. The number of carbonyl (C=O) groups is 2. The van der Waals surface area contributed by atoms with Crippen molar-refractivity contribution in [3.8, 4) is 0 Å². The fraction of sp³-hybridized carbons (Fsp3) is 0.750. The molecule has 0 radical (unpaired) electrons. The highest BCUT2D eigenvalue weighted by atomic mass is 35.5. The molecule has 0 aliphatic rings. The first kappa shape index (κ1) is 13.0. The van der Waals surface area contributed by atoms with Crippen LogP contribution in [-0.2, 0) is 19.0 Å². The number of hydrogen-bond donors (Lipinski definition) is 0. The monoisotopic (exact) mass is 224 g/mol. The molecule has 0 aromatic rings. The van der Waals surface area contributed by atoms with Crippen LogP contribution < -0.4 is 0 Å². The third-order valence-corrected chi connectivity index (χ3v) is 1.50. The van der Waals surface area contributed by atoms with Crippen LogP contribution in [0.4, 0.5) is 4.79 Å². The SMILES string of the molecule is COC(=O)CCCCOC(=O)OCCl. The summed E-state index contributed by atoms with van der Waals surface area (Å²) in [6.07, 6.45) is 0.732. The Kier molecular flexibility index (Phi) is 8.02. The third-order valence-electron chi connectivity index (χ3n) is 1.40. The zero-order valence-electron chi connectivity index (χ0n) is 7.95. The summed E-state index contributed by atoms with van der Waals surface area (Å²) in [5.74, 6) is -0.270. The number of rotatable bonds is 6. The Labute approximate surface area is 87.3 Å². The number of halogens is 1. The highest BCUT2D eigenvalue weighted by molar-refractivity contribution is 6.17. The number of hydrogen-bond acceptors (Lipinski definition) is 5. The fourth-order valence-corrected chi connectivity index (χ4v) is 0.804. The summed E-state index contributed by atoms with van der Waals surface area (Å²) in [6, 6.07) is -0.221. The fourth-order valence-electron chi connectivity index (χ4n) is 0.715. The largest absolute Gasteiger partial charge is 0.509 e. The van der Waals surface area contributed by atoms with Gasteiger partial charge in [-0.05, 0) is 12.8 Å². The Hall–Kier alpha value is -0.970. The van der Waals surface area contributed by atoms with Gasteiger partial charge >= 0.3 is 12.1 Å². The quantitative estimate of drug-likeness (QED) is 0.390. The first-order valence-electron chi connectivity index (χ1n) is 4.13. The standard InChI is InChI=1S/C8H13ClO5/c1-12-7(10)4-2-3-5-13-8(11)14-6-9/h2-6H2,1H3. The van der Waals surface area contributed by atoms with Crippen molar-refractivity contribution in [1.82, 2.24) is 0 Å². The maximum Gasteiger partial charge on any atom is 0.509 e. The van der Waals surface area contributed by atoms with Crippen LogP contribution in [-0.4, -0.2) is 31.9 Å². The van der Waals surface area contributed by atoms with Gasteiger partial charge < -0.3 is 14.2 Å². The van der Waals surface area contributed by atoms with Crippen LogP contribution in [0.3, 0.4) is 0 Å². The van der Waals surface area contributed by atoms with Crippen molar-refractivity contribution in [3.63, 3.8) is 0 Å². The molecule has 0 fully saturated rings. The van der Waals surface area contributed by atoms with Crippen LogP contribution in [0, 0.1) is 0 Å². The maximum absolute atomic E-state index is 10.6. The van der Waals surface area contributed by atoms with Crippen molar-refractivity contribution in [2.75, 3.05) is 19.8 Å². The molecule has 0 saturated heterocycles. The van der Waals surface area contributed by atoms with E-state index in [1.165, 1.54) is 7.11 Å². The summed E-state index contributed by atoms with van der Waals surface area (Å²) < 4.78 is 13.3. The van der Waals surface area contributed by atoms with Gasteiger partial charge in [-0.2, -0.15) is 0 Å². The van der Waals surface area contributed by atoms with Gasteiger partial charge in [0.15, 0.2) is 6.07 Å². The molecular formula is C8H13ClO5. The number of ether oxygens (including phenoxy) is 3. The van der Waals surface area contributed by atoms with Gasteiger partial charge in [0.2, 0.25) is 0 Å². The van der Waals surface area contributed by atoms with Gasteiger partial charge in [0, 0.05) is 6.42 Å². The lowest BCUT2D eigenvalue weighted by atomic mass is 10.2. The minimum absolute atomic E-state index is 0.215. The predicted octanol–water partition coefficient (Wildman–Crippen LogP) is 1.68. The van der Waals surface area contributed by atoms with Crippen molar-refractivity contribution in [3.05, 3.63) is 0 Å². The summed E-state index contributed by atoms with van der Waals surface area (Å²) in [6.45, 7) is 0.215. The Morgan fingerprint density at radius 2 is 1.93 bits per heavy atom. The average molecular weight is 225 g/mol. The Morgan fingerprint density at radius 3 is 2.50 bits per heavy atom. The molecule has 0 N–H and O–H groups in total. The van der Waals surface area contributed by atoms with E-state index in [1.54, 1.807) is 0 Å². The predicted molar refractivity (Wildman–Crippen MR) is 49.0 cm³/mol. The molecule has 0 aliphatic heterocycles. The van der Waals surface area contributed by atoms with Crippen molar-refractivity contribution < 1.29 is 23.8 Å². The molecule has 0 spiro atoms. The van der Waals surface area contributed by atoms with Gasteiger partial charge in [-0.3, -0.25) is 4.79 Å². The number of alkyl halides is 1. The van der Waals surface area contributed by atoms with Crippen LogP contribution in [0.5, 0.6) is 0 Å². The van der Waals surface area contributed by atoms with Crippen molar-refractivity contribution in [2.24, 2.45) is 0 Å². The third kappa shape index (κ3) is 7.67. The van der Waals surface area contributed by atoms with E-state index < -0.39 is 6.16 Å². The van der Waals surface area contributed by atoms with E-state index in [9.17, 15) is 9.59 Å². The average Bonchev–Trinajstić information content (AvgIpc) is 2.17. The molecule has 0 aromatic heterocycles. The van der Waals surface area contributed by atoms with E-state index in [2.05, 4.69) is 14.2 Å². The van der Waals surface area contributed by atoms with Gasteiger partial charge in [0.25, 0.3) is 0 Å². The van der Waals surface area contributed by atoms with Crippen LogP contribution in [0.2, 0.25) is 0 Å². The molecule has 0 heterocycles. The molecule has 0 rings (SSSR count). The van der Waals surface area contributed by atoms with Gasteiger partial charge in [-0.15, -0.1) is 0 Å². The molecule has 6 heteroatoms. The first-order valence-corrected chi connectivity index (χ1v) is 4.66. The van der Waals surface area contributed by atoms with E-state index in [0.29, 0.717) is 19.3 Å². The first-order chi connectivity index (χ1) is 6.70. The normalized spacial score (nSPS) is 9.29. The van der Waals surface area contributed by atoms with Crippen LogP contribution in [0.15, 0.2) is 0 Å². The molecule has 0 bridgehead atoms.